The monoisotopic (exact) mass is 212 g/mol. The van der Waals surface area contributed by atoms with Crippen LogP contribution in [0.25, 0.3) is 0 Å². The standard InChI is InChI=1S/C14H28O/c1-8(2)12-10(5)7-11(6)13(9(3)4)14(12)15/h8-15H,7H2,1-6H3. The van der Waals surface area contributed by atoms with Gasteiger partial charge in [-0.05, 0) is 41.9 Å². The van der Waals surface area contributed by atoms with Crippen molar-refractivity contribution in [3.63, 3.8) is 0 Å². The third kappa shape index (κ3) is 2.55. The Bertz CT molecular complexity index is 178. The van der Waals surface area contributed by atoms with Gasteiger partial charge in [-0.1, -0.05) is 41.5 Å². The normalized spacial score (nSPS) is 42.6. The van der Waals surface area contributed by atoms with Crippen LogP contribution in [0.2, 0.25) is 0 Å². The predicted octanol–water partition coefficient (Wildman–Crippen LogP) is 3.57. The van der Waals surface area contributed by atoms with Gasteiger partial charge >= 0.3 is 0 Å². The second kappa shape index (κ2) is 4.86. The Balaban J connectivity index is 2.84. The Morgan fingerprint density at radius 1 is 0.867 bits per heavy atom. The van der Waals surface area contributed by atoms with Crippen molar-refractivity contribution >= 4 is 0 Å². The first-order valence-corrected chi connectivity index (χ1v) is 6.54. The van der Waals surface area contributed by atoms with Crippen molar-refractivity contribution in [2.45, 2.75) is 54.1 Å². The van der Waals surface area contributed by atoms with Gasteiger partial charge in [-0.3, -0.25) is 0 Å². The number of rotatable bonds is 2. The summed E-state index contributed by atoms with van der Waals surface area (Å²) in [5.41, 5.74) is 0. The SMILES string of the molecule is CC(C)C1C(C)CC(C)C(C(C)C)C1O. The molecule has 0 aromatic rings. The Hall–Kier alpha value is -0.0400. The average Bonchev–Trinajstić information content (AvgIpc) is 1.99. The lowest BCUT2D eigenvalue weighted by atomic mass is 9.61. The van der Waals surface area contributed by atoms with Gasteiger partial charge in [0, 0.05) is 0 Å². The molecular weight excluding hydrogens is 184 g/mol. The number of hydrogen-bond acceptors (Lipinski definition) is 1. The van der Waals surface area contributed by atoms with Crippen molar-refractivity contribution in [1.82, 2.24) is 0 Å². The van der Waals surface area contributed by atoms with Crippen LogP contribution in [0.3, 0.4) is 0 Å². The molecule has 0 saturated heterocycles. The molecule has 1 nitrogen and oxygen atoms in total. The summed E-state index contributed by atoms with van der Waals surface area (Å²) in [7, 11) is 0. The highest BCUT2D eigenvalue weighted by molar-refractivity contribution is 4.91. The lowest BCUT2D eigenvalue weighted by Gasteiger charge is -2.46. The minimum absolute atomic E-state index is 0.0938. The van der Waals surface area contributed by atoms with E-state index in [9.17, 15) is 5.11 Å². The van der Waals surface area contributed by atoms with Gasteiger partial charge in [-0.2, -0.15) is 0 Å². The van der Waals surface area contributed by atoms with Gasteiger partial charge in [0.05, 0.1) is 6.10 Å². The summed E-state index contributed by atoms with van der Waals surface area (Å²) in [6.45, 7) is 13.6. The maximum atomic E-state index is 10.5. The molecule has 0 aromatic carbocycles. The fraction of sp³-hybridized carbons (Fsp3) is 1.00. The van der Waals surface area contributed by atoms with Crippen LogP contribution in [-0.4, -0.2) is 11.2 Å². The number of aliphatic hydroxyl groups is 1. The molecule has 1 aliphatic carbocycles. The molecule has 1 rings (SSSR count). The van der Waals surface area contributed by atoms with Gasteiger partial charge in [0.1, 0.15) is 0 Å². The highest BCUT2D eigenvalue weighted by Crippen LogP contribution is 2.44. The highest BCUT2D eigenvalue weighted by atomic mass is 16.3. The zero-order valence-electron chi connectivity index (χ0n) is 11.2. The van der Waals surface area contributed by atoms with Gasteiger partial charge < -0.3 is 5.11 Å². The molecule has 0 radical (unpaired) electrons. The van der Waals surface area contributed by atoms with Crippen molar-refractivity contribution < 1.29 is 5.11 Å². The second-order valence-electron chi connectivity index (χ2n) is 6.32. The zero-order chi connectivity index (χ0) is 11.7. The fourth-order valence-electron chi connectivity index (χ4n) is 3.93. The Labute approximate surface area is 95.3 Å². The molecule has 0 spiro atoms. The molecule has 1 fully saturated rings. The molecule has 4 unspecified atom stereocenters. The molecule has 4 atom stereocenters. The predicted molar refractivity (Wildman–Crippen MR) is 65.6 cm³/mol. The van der Waals surface area contributed by atoms with Crippen LogP contribution in [0.5, 0.6) is 0 Å². The molecule has 15 heavy (non-hydrogen) atoms. The Morgan fingerprint density at radius 2 is 1.20 bits per heavy atom. The summed E-state index contributed by atoms with van der Waals surface area (Å²) in [6, 6.07) is 0. The molecule has 0 amide bonds. The van der Waals surface area contributed by atoms with E-state index in [1.54, 1.807) is 0 Å². The van der Waals surface area contributed by atoms with Crippen molar-refractivity contribution in [1.29, 1.82) is 0 Å². The molecule has 0 aromatic heterocycles. The topological polar surface area (TPSA) is 20.2 Å². The van der Waals surface area contributed by atoms with E-state index in [0.717, 1.165) is 0 Å². The van der Waals surface area contributed by atoms with E-state index in [2.05, 4.69) is 41.5 Å². The minimum atomic E-state index is -0.0938. The summed E-state index contributed by atoms with van der Waals surface area (Å²) in [4.78, 5) is 0. The van der Waals surface area contributed by atoms with E-state index in [0.29, 0.717) is 35.5 Å². The van der Waals surface area contributed by atoms with Crippen LogP contribution in [0.1, 0.15) is 48.0 Å². The van der Waals surface area contributed by atoms with E-state index >= 15 is 0 Å². The Kier molecular flexibility index (Phi) is 4.22. The van der Waals surface area contributed by atoms with E-state index < -0.39 is 0 Å². The van der Waals surface area contributed by atoms with E-state index in [1.807, 2.05) is 0 Å². The lowest BCUT2D eigenvalue weighted by Crippen LogP contribution is -2.46. The maximum absolute atomic E-state index is 10.5. The van der Waals surface area contributed by atoms with Gasteiger partial charge in [0.15, 0.2) is 0 Å². The molecule has 1 saturated carbocycles. The van der Waals surface area contributed by atoms with E-state index in [1.165, 1.54) is 6.42 Å². The van der Waals surface area contributed by atoms with Crippen LogP contribution >= 0.6 is 0 Å². The van der Waals surface area contributed by atoms with Crippen molar-refractivity contribution in [2.24, 2.45) is 35.5 Å². The molecule has 1 N–H and O–H groups in total. The molecule has 0 heterocycles. The second-order valence-corrected chi connectivity index (χ2v) is 6.32. The quantitative estimate of drug-likeness (QED) is 0.742. The van der Waals surface area contributed by atoms with Crippen LogP contribution < -0.4 is 0 Å². The zero-order valence-corrected chi connectivity index (χ0v) is 11.2. The van der Waals surface area contributed by atoms with Crippen LogP contribution in [0.4, 0.5) is 0 Å². The third-order valence-electron chi connectivity index (χ3n) is 4.39. The molecule has 0 bridgehead atoms. The van der Waals surface area contributed by atoms with Crippen LogP contribution in [0, 0.1) is 35.5 Å². The van der Waals surface area contributed by atoms with E-state index in [4.69, 9.17) is 0 Å². The summed E-state index contributed by atoms with van der Waals surface area (Å²) >= 11 is 0. The van der Waals surface area contributed by atoms with Gasteiger partial charge in [0.2, 0.25) is 0 Å². The number of aliphatic hydroxyl groups excluding tert-OH is 1. The van der Waals surface area contributed by atoms with Gasteiger partial charge in [-0.15, -0.1) is 0 Å². The summed E-state index contributed by atoms with van der Waals surface area (Å²) in [5, 5.41) is 10.5. The largest absolute Gasteiger partial charge is 0.393 e. The molecule has 1 heteroatoms. The molecule has 0 aliphatic heterocycles. The summed E-state index contributed by atoms with van der Waals surface area (Å²) in [6.07, 6.45) is 1.19. The Morgan fingerprint density at radius 3 is 1.47 bits per heavy atom. The third-order valence-corrected chi connectivity index (χ3v) is 4.39. The lowest BCUT2D eigenvalue weighted by molar-refractivity contribution is -0.0720. The van der Waals surface area contributed by atoms with Gasteiger partial charge in [-0.25, -0.2) is 0 Å². The molecule has 1 aliphatic rings. The minimum Gasteiger partial charge on any atom is -0.393 e. The molecular formula is C14H28O. The van der Waals surface area contributed by atoms with E-state index in [-0.39, 0.29) is 6.10 Å². The first kappa shape index (κ1) is 13.0. The van der Waals surface area contributed by atoms with Crippen LogP contribution in [0.15, 0.2) is 0 Å². The average molecular weight is 212 g/mol. The van der Waals surface area contributed by atoms with Crippen molar-refractivity contribution in [3.8, 4) is 0 Å². The highest BCUT2D eigenvalue weighted by Gasteiger charge is 2.42. The first-order chi connectivity index (χ1) is 6.86. The van der Waals surface area contributed by atoms with Crippen LogP contribution in [-0.2, 0) is 0 Å². The van der Waals surface area contributed by atoms with Crippen molar-refractivity contribution in [2.75, 3.05) is 0 Å². The molecule has 90 valence electrons. The smallest absolute Gasteiger partial charge is 0.0606 e. The number of hydrogen-bond donors (Lipinski definition) is 1. The summed E-state index contributed by atoms with van der Waals surface area (Å²) < 4.78 is 0. The first-order valence-electron chi connectivity index (χ1n) is 6.54. The van der Waals surface area contributed by atoms with Crippen molar-refractivity contribution in [3.05, 3.63) is 0 Å². The van der Waals surface area contributed by atoms with Gasteiger partial charge in [0.25, 0.3) is 0 Å². The fourth-order valence-corrected chi connectivity index (χ4v) is 3.93. The summed E-state index contributed by atoms with van der Waals surface area (Å²) in [5.74, 6) is 3.53. The maximum Gasteiger partial charge on any atom is 0.0606 e.